The van der Waals surface area contributed by atoms with E-state index in [0.29, 0.717) is 6.54 Å². The van der Waals surface area contributed by atoms with Crippen LogP contribution in [0.2, 0.25) is 0 Å². The van der Waals surface area contributed by atoms with Crippen LogP contribution in [0.4, 0.5) is 0 Å². The van der Waals surface area contributed by atoms with Crippen molar-refractivity contribution in [2.75, 3.05) is 0 Å². The topological polar surface area (TPSA) is 83.5 Å². The molecule has 6 nitrogen and oxygen atoms in total. The molecule has 0 radical (unpaired) electrons. The summed E-state index contributed by atoms with van der Waals surface area (Å²) in [4.78, 5) is 32.8. The molecule has 98 valence electrons. The Morgan fingerprint density at radius 1 is 1.20 bits per heavy atom. The largest absolute Gasteiger partial charge is 0.330 e. The molecule has 0 fully saturated rings. The van der Waals surface area contributed by atoms with Crippen LogP contribution in [0.25, 0.3) is 11.2 Å². The summed E-state index contributed by atoms with van der Waals surface area (Å²) in [5, 5.41) is 0. The average Bonchev–Trinajstić information content (AvgIpc) is 2.89. The van der Waals surface area contributed by atoms with Gasteiger partial charge in [-0.05, 0) is 11.5 Å². The average molecular weight is 266 g/mol. The minimum atomic E-state index is -0.525. The smallest absolute Gasteiger partial charge is 0.325 e. The highest BCUT2D eigenvalue weighted by atomic mass is 16.2. The van der Waals surface area contributed by atoms with E-state index in [0.717, 1.165) is 5.56 Å². The van der Waals surface area contributed by atoms with Gasteiger partial charge in [0, 0.05) is 0 Å². The molecule has 3 aromatic rings. The minimum Gasteiger partial charge on any atom is -0.325 e. The molecule has 0 bridgehead atoms. The van der Waals surface area contributed by atoms with Gasteiger partial charge in [-0.25, -0.2) is 9.78 Å². The molecule has 0 spiro atoms. The predicted octanol–water partition coefficient (Wildman–Crippen LogP) is 0.442. The first-order valence-corrected chi connectivity index (χ1v) is 5.92. The van der Waals surface area contributed by atoms with E-state index < -0.39 is 11.2 Å². The standard InChI is InChI=1S/C14H10N4O2/c1-2-10-15-11-12(16-10)18(14(20)17-13(11)19)8-9-6-4-3-5-7-9/h1,3-7H,8H2,(H,15,16)(H,17,19,20). The molecular weight excluding hydrogens is 256 g/mol. The number of hydrogen-bond donors (Lipinski definition) is 2. The Balaban J connectivity index is 2.25. The zero-order valence-electron chi connectivity index (χ0n) is 10.4. The van der Waals surface area contributed by atoms with Gasteiger partial charge in [0.2, 0.25) is 0 Å². The Kier molecular flexibility index (Phi) is 2.73. The molecule has 0 atom stereocenters. The monoisotopic (exact) mass is 266 g/mol. The molecule has 0 unspecified atom stereocenters. The fourth-order valence-electron chi connectivity index (χ4n) is 2.02. The highest BCUT2D eigenvalue weighted by Crippen LogP contribution is 2.07. The number of benzene rings is 1. The molecule has 0 aliphatic rings. The Morgan fingerprint density at radius 2 is 1.95 bits per heavy atom. The van der Waals surface area contributed by atoms with Crippen LogP contribution >= 0.6 is 0 Å². The first kappa shape index (κ1) is 12.0. The molecule has 0 saturated heterocycles. The van der Waals surface area contributed by atoms with Gasteiger partial charge in [-0.15, -0.1) is 6.42 Å². The fourth-order valence-corrected chi connectivity index (χ4v) is 2.02. The van der Waals surface area contributed by atoms with Crippen molar-refractivity contribution >= 4 is 11.2 Å². The van der Waals surface area contributed by atoms with E-state index in [4.69, 9.17) is 6.42 Å². The molecule has 2 aromatic heterocycles. The van der Waals surface area contributed by atoms with Gasteiger partial charge in [0.15, 0.2) is 17.0 Å². The molecule has 1 aromatic carbocycles. The minimum absolute atomic E-state index is 0.202. The van der Waals surface area contributed by atoms with Crippen molar-refractivity contribution in [3.05, 3.63) is 62.6 Å². The third kappa shape index (κ3) is 1.91. The summed E-state index contributed by atoms with van der Waals surface area (Å²) in [6.45, 7) is 0.307. The van der Waals surface area contributed by atoms with Crippen LogP contribution < -0.4 is 11.2 Å². The summed E-state index contributed by atoms with van der Waals surface area (Å²) in [7, 11) is 0. The molecule has 0 aliphatic heterocycles. The van der Waals surface area contributed by atoms with Crippen molar-refractivity contribution < 1.29 is 0 Å². The van der Waals surface area contributed by atoms with E-state index in [1.54, 1.807) is 0 Å². The van der Waals surface area contributed by atoms with E-state index in [1.165, 1.54) is 4.57 Å². The summed E-state index contributed by atoms with van der Waals surface area (Å²) in [6, 6.07) is 9.41. The number of aromatic amines is 2. The number of fused-ring (bicyclic) bond motifs is 1. The summed E-state index contributed by atoms with van der Waals surface area (Å²) in [5.74, 6) is 2.54. The third-order valence-electron chi connectivity index (χ3n) is 2.95. The second-order valence-electron chi connectivity index (χ2n) is 4.26. The Bertz CT molecular complexity index is 926. The van der Waals surface area contributed by atoms with Crippen molar-refractivity contribution in [3.63, 3.8) is 0 Å². The number of hydrogen-bond acceptors (Lipinski definition) is 3. The van der Waals surface area contributed by atoms with Crippen LogP contribution in [0.5, 0.6) is 0 Å². The second kappa shape index (κ2) is 4.55. The van der Waals surface area contributed by atoms with Gasteiger partial charge in [-0.2, -0.15) is 0 Å². The zero-order valence-corrected chi connectivity index (χ0v) is 10.4. The van der Waals surface area contributed by atoms with Crippen molar-refractivity contribution in [1.29, 1.82) is 0 Å². The normalized spacial score (nSPS) is 10.6. The van der Waals surface area contributed by atoms with Gasteiger partial charge in [-0.3, -0.25) is 14.3 Å². The Morgan fingerprint density at radius 3 is 2.65 bits per heavy atom. The number of nitrogens with one attached hydrogen (secondary N) is 2. The van der Waals surface area contributed by atoms with Crippen molar-refractivity contribution in [1.82, 2.24) is 19.5 Å². The number of H-pyrrole nitrogens is 2. The van der Waals surface area contributed by atoms with Crippen LogP contribution in [0.1, 0.15) is 11.4 Å². The lowest BCUT2D eigenvalue weighted by Gasteiger charge is -2.05. The summed E-state index contributed by atoms with van der Waals surface area (Å²) in [5.41, 5.74) is 0.349. The Hall–Kier alpha value is -3.07. The fraction of sp³-hybridized carbons (Fsp3) is 0.0714. The first-order chi connectivity index (χ1) is 9.69. The third-order valence-corrected chi connectivity index (χ3v) is 2.95. The number of rotatable bonds is 2. The van der Waals surface area contributed by atoms with Crippen molar-refractivity contribution in [3.8, 4) is 12.3 Å². The van der Waals surface area contributed by atoms with E-state index in [-0.39, 0.29) is 17.0 Å². The van der Waals surface area contributed by atoms with Gasteiger partial charge < -0.3 is 4.98 Å². The maximum atomic E-state index is 12.0. The van der Waals surface area contributed by atoms with Crippen LogP contribution in [-0.4, -0.2) is 19.5 Å². The number of imidazole rings is 1. The summed E-state index contributed by atoms with van der Waals surface area (Å²) in [6.07, 6.45) is 5.26. The van der Waals surface area contributed by atoms with Gasteiger partial charge in [-0.1, -0.05) is 30.3 Å². The lowest BCUT2D eigenvalue weighted by atomic mass is 10.2. The molecule has 6 heteroatoms. The molecule has 2 heterocycles. The van der Waals surface area contributed by atoms with Crippen LogP contribution in [0.3, 0.4) is 0 Å². The van der Waals surface area contributed by atoms with Gasteiger partial charge in [0.05, 0.1) is 6.54 Å². The number of terminal acetylenes is 1. The SMILES string of the molecule is C#Cc1nc2c([nH]1)c(=O)[nH]c(=O)n2Cc1ccccc1. The lowest BCUT2D eigenvalue weighted by Crippen LogP contribution is -2.30. The highest BCUT2D eigenvalue weighted by Gasteiger charge is 2.12. The number of aromatic nitrogens is 4. The summed E-state index contributed by atoms with van der Waals surface area (Å²) >= 11 is 0. The van der Waals surface area contributed by atoms with Crippen LogP contribution in [0.15, 0.2) is 39.9 Å². The van der Waals surface area contributed by atoms with Crippen molar-refractivity contribution in [2.45, 2.75) is 6.54 Å². The molecule has 0 aliphatic carbocycles. The predicted molar refractivity (Wildman–Crippen MR) is 74.5 cm³/mol. The lowest BCUT2D eigenvalue weighted by molar-refractivity contribution is 0.748. The van der Waals surface area contributed by atoms with Gasteiger partial charge >= 0.3 is 5.69 Å². The summed E-state index contributed by atoms with van der Waals surface area (Å²) < 4.78 is 1.38. The molecule has 2 N–H and O–H groups in total. The molecule has 0 saturated carbocycles. The molecule has 3 rings (SSSR count). The number of nitrogens with zero attached hydrogens (tertiary/aromatic N) is 2. The molecule has 20 heavy (non-hydrogen) atoms. The van der Waals surface area contributed by atoms with E-state index >= 15 is 0 Å². The maximum Gasteiger partial charge on any atom is 0.330 e. The van der Waals surface area contributed by atoms with E-state index in [2.05, 4.69) is 20.9 Å². The zero-order chi connectivity index (χ0) is 14.1. The molecular formula is C14H10N4O2. The Labute approximate surface area is 113 Å². The highest BCUT2D eigenvalue weighted by molar-refractivity contribution is 5.70. The van der Waals surface area contributed by atoms with E-state index in [9.17, 15) is 9.59 Å². The van der Waals surface area contributed by atoms with Crippen molar-refractivity contribution in [2.24, 2.45) is 0 Å². The van der Waals surface area contributed by atoms with Gasteiger partial charge in [0.1, 0.15) is 0 Å². The van der Waals surface area contributed by atoms with E-state index in [1.807, 2.05) is 30.3 Å². The van der Waals surface area contributed by atoms with Crippen LogP contribution in [-0.2, 0) is 6.54 Å². The second-order valence-corrected chi connectivity index (χ2v) is 4.26. The maximum absolute atomic E-state index is 12.0. The van der Waals surface area contributed by atoms with Gasteiger partial charge in [0.25, 0.3) is 5.56 Å². The quantitative estimate of drug-likeness (QED) is 0.660. The molecule has 0 amide bonds. The van der Waals surface area contributed by atoms with Crippen LogP contribution in [0, 0.1) is 12.3 Å². The first-order valence-electron chi connectivity index (χ1n) is 5.92.